The molecular weight excluding hydrogens is 402 g/mol. The first kappa shape index (κ1) is 20.2. The molecule has 0 aliphatic carbocycles. The monoisotopic (exact) mass is 427 g/mol. The molecule has 162 valence electrons. The fourth-order valence-electron chi connectivity index (χ4n) is 3.92. The van der Waals surface area contributed by atoms with Gasteiger partial charge < -0.3 is 14.8 Å². The van der Waals surface area contributed by atoms with Crippen molar-refractivity contribution < 1.29 is 9.47 Å². The molecule has 0 saturated carbocycles. The maximum absolute atomic E-state index is 5.85. The largest absolute Gasteiger partial charge is 0.484 e. The average molecular weight is 428 g/mol. The number of pyridine rings is 2. The Morgan fingerprint density at radius 3 is 2.78 bits per heavy atom. The third-order valence-corrected chi connectivity index (χ3v) is 5.99. The van der Waals surface area contributed by atoms with Crippen LogP contribution in [0.5, 0.6) is 11.6 Å². The molecule has 1 aliphatic heterocycles. The number of ether oxygens (including phenoxy) is 2. The Balaban J connectivity index is 1.30. The van der Waals surface area contributed by atoms with Gasteiger partial charge in [-0.1, -0.05) is 32.0 Å². The summed E-state index contributed by atoms with van der Waals surface area (Å²) in [6.07, 6.45) is 5.19. The predicted octanol–water partition coefficient (Wildman–Crippen LogP) is 4.71. The summed E-state index contributed by atoms with van der Waals surface area (Å²) in [4.78, 5) is 17.6. The van der Waals surface area contributed by atoms with Crippen molar-refractivity contribution in [1.82, 2.24) is 19.9 Å². The molecule has 32 heavy (non-hydrogen) atoms. The normalized spacial score (nSPS) is 14.7. The van der Waals surface area contributed by atoms with E-state index in [1.807, 2.05) is 18.2 Å². The molecule has 4 heterocycles. The average Bonchev–Trinajstić information content (AvgIpc) is 2.86. The standard InChI is InChI=1S/C25H25N5O2/c1-16(17(2)20-7-9-27-25-24(20)31-10-11-32-25)14-28-23-13-22(29-15-30-23)19-6-5-18-4-3-8-26-21(18)12-19/h3-9,12-13,15-17H,10-11,14H2,1-2H3,(H,28,29,30)/t16-,17?/m1/s1. The van der Waals surface area contributed by atoms with Crippen molar-refractivity contribution in [3.05, 3.63) is 66.7 Å². The summed E-state index contributed by atoms with van der Waals surface area (Å²) in [7, 11) is 0. The molecule has 0 bridgehead atoms. The Bertz CT molecular complexity index is 1250. The molecule has 0 fully saturated rings. The molecule has 0 spiro atoms. The number of rotatable bonds is 6. The van der Waals surface area contributed by atoms with Gasteiger partial charge in [-0.3, -0.25) is 4.98 Å². The zero-order valence-electron chi connectivity index (χ0n) is 18.2. The number of hydrogen-bond donors (Lipinski definition) is 1. The van der Waals surface area contributed by atoms with Crippen molar-refractivity contribution >= 4 is 16.7 Å². The SMILES string of the molecule is CC(c1ccnc2c1OCCO2)[C@H](C)CNc1cc(-c2ccc3cccnc3c2)ncn1. The van der Waals surface area contributed by atoms with Crippen LogP contribution >= 0.6 is 0 Å². The Labute approximate surface area is 186 Å². The van der Waals surface area contributed by atoms with E-state index in [1.165, 1.54) is 0 Å². The van der Waals surface area contributed by atoms with Gasteiger partial charge in [-0.15, -0.1) is 0 Å². The van der Waals surface area contributed by atoms with Gasteiger partial charge in [0.05, 0.1) is 11.2 Å². The van der Waals surface area contributed by atoms with E-state index >= 15 is 0 Å². The highest BCUT2D eigenvalue weighted by molar-refractivity contribution is 5.83. The van der Waals surface area contributed by atoms with Crippen molar-refractivity contribution in [2.75, 3.05) is 25.1 Å². The molecular formula is C25H25N5O2. The van der Waals surface area contributed by atoms with Crippen LogP contribution in [-0.4, -0.2) is 39.7 Å². The van der Waals surface area contributed by atoms with E-state index in [4.69, 9.17) is 9.47 Å². The van der Waals surface area contributed by atoms with E-state index in [0.29, 0.717) is 25.0 Å². The number of aromatic nitrogens is 4. The molecule has 0 radical (unpaired) electrons. The number of nitrogens with one attached hydrogen (secondary N) is 1. The first-order valence-corrected chi connectivity index (χ1v) is 10.8. The summed E-state index contributed by atoms with van der Waals surface area (Å²) in [5.74, 6) is 2.74. The van der Waals surface area contributed by atoms with Gasteiger partial charge in [0.25, 0.3) is 5.88 Å². The maximum Gasteiger partial charge on any atom is 0.257 e. The van der Waals surface area contributed by atoms with Gasteiger partial charge in [-0.05, 0) is 30.0 Å². The van der Waals surface area contributed by atoms with Gasteiger partial charge in [0.15, 0.2) is 5.75 Å². The minimum atomic E-state index is 0.258. The molecule has 1 unspecified atom stereocenters. The highest BCUT2D eigenvalue weighted by atomic mass is 16.6. The fourth-order valence-corrected chi connectivity index (χ4v) is 3.92. The number of hydrogen-bond acceptors (Lipinski definition) is 7. The molecule has 7 nitrogen and oxygen atoms in total. The predicted molar refractivity (Wildman–Crippen MR) is 124 cm³/mol. The molecule has 7 heteroatoms. The summed E-state index contributed by atoms with van der Waals surface area (Å²) in [5.41, 5.74) is 3.96. The van der Waals surface area contributed by atoms with Gasteiger partial charge in [0.1, 0.15) is 25.4 Å². The van der Waals surface area contributed by atoms with Gasteiger partial charge in [-0.25, -0.2) is 15.0 Å². The quantitative estimate of drug-likeness (QED) is 0.477. The van der Waals surface area contributed by atoms with Gasteiger partial charge in [-0.2, -0.15) is 0 Å². The Hall–Kier alpha value is -3.74. The smallest absolute Gasteiger partial charge is 0.257 e. The zero-order chi connectivity index (χ0) is 21.9. The number of fused-ring (bicyclic) bond motifs is 2. The van der Waals surface area contributed by atoms with Crippen molar-refractivity contribution in [3.8, 4) is 22.9 Å². The van der Waals surface area contributed by atoms with Crippen LogP contribution in [0.1, 0.15) is 25.3 Å². The summed E-state index contributed by atoms with van der Waals surface area (Å²) in [6.45, 7) is 6.27. The van der Waals surface area contributed by atoms with Crippen LogP contribution < -0.4 is 14.8 Å². The van der Waals surface area contributed by atoms with Crippen molar-refractivity contribution in [2.45, 2.75) is 19.8 Å². The van der Waals surface area contributed by atoms with Crippen molar-refractivity contribution in [2.24, 2.45) is 5.92 Å². The molecule has 3 aromatic heterocycles. The summed E-state index contributed by atoms with van der Waals surface area (Å²) in [5, 5.41) is 4.58. The lowest BCUT2D eigenvalue weighted by atomic mass is 9.88. The van der Waals surface area contributed by atoms with Crippen LogP contribution in [0, 0.1) is 5.92 Å². The van der Waals surface area contributed by atoms with Crippen LogP contribution in [0.2, 0.25) is 0 Å². The van der Waals surface area contributed by atoms with E-state index < -0.39 is 0 Å². The van der Waals surface area contributed by atoms with Crippen molar-refractivity contribution in [1.29, 1.82) is 0 Å². The third-order valence-electron chi connectivity index (χ3n) is 5.99. The first-order valence-electron chi connectivity index (χ1n) is 10.8. The fraction of sp³-hybridized carbons (Fsp3) is 0.280. The van der Waals surface area contributed by atoms with Crippen LogP contribution in [0.25, 0.3) is 22.2 Å². The van der Waals surface area contributed by atoms with Crippen LogP contribution in [0.4, 0.5) is 5.82 Å². The third kappa shape index (κ3) is 4.06. The highest BCUT2D eigenvalue weighted by Crippen LogP contribution is 2.38. The van der Waals surface area contributed by atoms with Crippen LogP contribution in [0.3, 0.4) is 0 Å². The van der Waals surface area contributed by atoms with Crippen LogP contribution in [0.15, 0.2) is 61.2 Å². The lowest BCUT2D eigenvalue weighted by Crippen LogP contribution is -2.21. The summed E-state index contributed by atoms with van der Waals surface area (Å²) < 4.78 is 11.5. The van der Waals surface area contributed by atoms with E-state index in [-0.39, 0.29) is 5.92 Å². The molecule has 1 N–H and O–H groups in total. The number of benzene rings is 1. The number of anilines is 1. The second kappa shape index (κ2) is 8.78. The highest BCUT2D eigenvalue weighted by Gasteiger charge is 2.24. The van der Waals surface area contributed by atoms with Gasteiger partial charge in [0, 0.05) is 41.5 Å². The molecule has 4 aromatic rings. The lowest BCUT2D eigenvalue weighted by Gasteiger charge is -2.26. The zero-order valence-corrected chi connectivity index (χ0v) is 18.2. The van der Waals surface area contributed by atoms with Crippen LogP contribution in [-0.2, 0) is 0 Å². The molecule has 0 amide bonds. The van der Waals surface area contributed by atoms with E-state index in [2.05, 4.69) is 63.4 Å². The van der Waals surface area contributed by atoms with E-state index in [9.17, 15) is 0 Å². The minimum absolute atomic E-state index is 0.258. The maximum atomic E-state index is 5.85. The molecule has 5 rings (SSSR count). The van der Waals surface area contributed by atoms with Gasteiger partial charge in [0.2, 0.25) is 0 Å². The van der Waals surface area contributed by atoms with Crippen molar-refractivity contribution in [3.63, 3.8) is 0 Å². The Kier molecular flexibility index (Phi) is 5.54. The molecule has 1 aromatic carbocycles. The Morgan fingerprint density at radius 1 is 0.938 bits per heavy atom. The number of nitrogens with zero attached hydrogens (tertiary/aromatic N) is 4. The van der Waals surface area contributed by atoms with E-state index in [0.717, 1.165) is 45.8 Å². The minimum Gasteiger partial charge on any atom is -0.484 e. The molecule has 1 aliphatic rings. The summed E-state index contributed by atoms with van der Waals surface area (Å²) >= 11 is 0. The second-order valence-electron chi connectivity index (χ2n) is 8.08. The summed E-state index contributed by atoms with van der Waals surface area (Å²) in [6, 6.07) is 14.2. The van der Waals surface area contributed by atoms with E-state index in [1.54, 1.807) is 18.7 Å². The molecule has 0 saturated heterocycles. The Morgan fingerprint density at radius 2 is 1.84 bits per heavy atom. The second-order valence-corrected chi connectivity index (χ2v) is 8.08. The van der Waals surface area contributed by atoms with Gasteiger partial charge >= 0.3 is 0 Å². The lowest BCUT2D eigenvalue weighted by molar-refractivity contribution is 0.161. The molecule has 2 atom stereocenters. The first-order chi connectivity index (χ1) is 15.7. The topological polar surface area (TPSA) is 82.0 Å².